The highest BCUT2D eigenvalue weighted by atomic mass is 32.2. The Bertz CT molecular complexity index is 1420. The summed E-state index contributed by atoms with van der Waals surface area (Å²) >= 11 is 0. The molecule has 1 aliphatic rings. The van der Waals surface area contributed by atoms with Crippen LogP contribution in [0.3, 0.4) is 0 Å². The van der Waals surface area contributed by atoms with Gasteiger partial charge < -0.3 is 14.4 Å². The smallest absolute Gasteiger partial charge is 0.410 e. The van der Waals surface area contributed by atoms with Crippen LogP contribution in [0.15, 0.2) is 83.8 Å². The molecule has 0 N–H and O–H groups in total. The zero-order chi connectivity index (χ0) is 28.9. The van der Waals surface area contributed by atoms with Gasteiger partial charge in [0.1, 0.15) is 5.60 Å². The van der Waals surface area contributed by atoms with Crippen LogP contribution in [0.1, 0.15) is 49.5 Å². The molecule has 4 rings (SSSR count). The molecule has 1 aliphatic heterocycles. The zero-order valence-electron chi connectivity index (χ0n) is 23.4. The van der Waals surface area contributed by atoms with Crippen LogP contribution in [0, 0.1) is 0 Å². The van der Waals surface area contributed by atoms with Gasteiger partial charge >= 0.3 is 12.1 Å². The van der Waals surface area contributed by atoms with E-state index in [1.165, 1.54) is 11.4 Å². The first-order chi connectivity index (χ1) is 19.0. The highest BCUT2D eigenvalue weighted by molar-refractivity contribution is 7.89. The number of carbonyl (C=O) groups excluding carboxylic acids is 2. The Morgan fingerprint density at radius 2 is 1.55 bits per heavy atom. The van der Waals surface area contributed by atoms with Crippen molar-refractivity contribution in [2.45, 2.75) is 56.7 Å². The number of benzene rings is 3. The van der Waals surface area contributed by atoms with Gasteiger partial charge in [-0.2, -0.15) is 4.31 Å². The van der Waals surface area contributed by atoms with Crippen molar-refractivity contribution in [3.63, 3.8) is 0 Å². The van der Waals surface area contributed by atoms with Crippen molar-refractivity contribution < 1.29 is 27.5 Å². The molecule has 9 heteroatoms. The standard InChI is InChI=1S/C31H36N2O6S/c1-31(2,3)39-30(35)32-20-8-11-27(22-32)33(21-23-12-14-26(15-13-23)29(34)38-4)40(36,37)28-18-16-25(17-19-28)24-9-6-5-7-10-24/h5-7,9-10,12-19,27H,8,11,20-22H2,1-4H3. The second-order valence-corrected chi connectivity index (χ2v) is 12.7. The average Bonchev–Trinajstić information content (AvgIpc) is 2.95. The molecule has 3 aromatic carbocycles. The zero-order valence-corrected chi connectivity index (χ0v) is 24.2. The third-order valence-electron chi connectivity index (χ3n) is 6.74. The minimum absolute atomic E-state index is 0.0804. The Morgan fingerprint density at radius 1 is 0.925 bits per heavy atom. The number of amides is 1. The molecule has 1 fully saturated rings. The van der Waals surface area contributed by atoms with E-state index >= 15 is 0 Å². The molecule has 1 heterocycles. The first kappa shape index (κ1) is 29.3. The first-order valence-corrected chi connectivity index (χ1v) is 14.7. The van der Waals surface area contributed by atoms with Crippen molar-refractivity contribution in [2.75, 3.05) is 20.2 Å². The van der Waals surface area contributed by atoms with Gasteiger partial charge in [-0.25, -0.2) is 18.0 Å². The molecular formula is C31H36N2O6S. The first-order valence-electron chi connectivity index (χ1n) is 13.3. The van der Waals surface area contributed by atoms with Crippen LogP contribution in [0.4, 0.5) is 4.79 Å². The van der Waals surface area contributed by atoms with Gasteiger partial charge in [-0.1, -0.05) is 54.6 Å². The number of sulfonamides is 1. The van der Waals surface area contributed by atoms with E-state index in [1.807, 2.05) is 30.3 Å². The Hall–Kier alpha value is -3.69. The molecule has 40 heavy (non-hydrogen) atoms. The summed E-state index contributed by atoms with van der Waals surface area (Å²) in [6.07, 6.45) is 0.787. The van der Waals surface area contributed by atoms with Crippen molar-refractivity contribution >= 4 is 22.1 Å². The van der Waals surface area contributed by atoms with Crippen LogP contribution in [-0.2, 0) is 26.0 Å². The molecular weight excluding hydrogens is 528 g/mol. The fourth-order valence-corrected chi connectivity index (χ4v) is 6.36. The molecule has 212 valence electrons. The van der Waals surface area contributed by atoms with E-state index in [-0.39, 0.29) is 18.0 Å². The van der Waals surface area contributed by atoms with Gasteiger partial charge in [0.05, 0.1) is 17.6 Å². The highest BCUT2D eigenvalue weighted by Gasteiger charge is 2.37. The van der Waals surface area contributed by atoms with Crippen molar-refractivity contribution in [2.24, 2.45) is 0 Å². The van der Waals surface area contributed by atoms with Gasteiger partial charge in [-0.05, 0) is 74.6 Å². The predicted octanol–water partition coefficient (Wildman–Crippen LogP) is 5.73. The quantitative estimate of drug-likeness (QED) is 0.340. The van der Waals surface area contributed by atoms with Crippen LogP contribution in [0.25, 0.3) is 11.1 Å². The topological polar surface area (TPSA) is 93.2 Å². The third kappa shape index (κ3) is 7.08. The molecule has 8 nitrogen and oxygen atoms in total. The van der Waals surface area contributed by atoms with Crippen molar-refractivity contribution in [1.82, 2.24) is 9.21 Å². The van der Waals surface area contributed by atoms with Crippen molar-refractivity contribution in [3.05, 3.63) is 90.0 Å². The lowest BCUT2D eigenvalue weighted by Gasteiger charge is -2.39. The number of ether oxygens (including phenoxy) is 2. The van der Waals surface area contributed by atoms with Gasteiger partial charge in [0.25, 0.3) is 0 Å². The summed E-state index contributed by atoms with van der Waals surface area (Å²) in [5.74, 6) is -0.463. The Balaban J connectivity index is 1.65. The number of methoxy groups -OCH3 is 1. The average molecular weight is 565 g/mol. The molecule has 1 unspecified atom stereocenters. The Kier molecular flexibility index (Phi) is 8.95. The van der Waals surface area contributed by atoms with E-state index in [4.69, 9.17) is 9.47 Å². The van der Waals surface area contributed by atoms with E-state index in [9.17, 15) is 18.0 Å². The molecule has 0 aromatic heterocycles. The van der Waals surface area contributed by atoms with Gasteiger partial charge in [0.2, 0.25) is 10.0 Å². The van der Waals surface area contributed by atoms with Crippen molar-refractivity contribution in [3.8, 4) is 11.1 Å². The number of hydrogen-bond donors (Lipinski definition) is 0. The third-order valence-corrected chi connectivity index (χ3v) is 8.65. The largest absolute Gasteiger partial charge is 0.465 e. The molecule has 1 atom stereocenters. The van der Waals surface area contributed by atoms with E-state index in [0.29, 0.717) is 30.5 Å². The Morgan fingerprint density at radius 3 is 2.15 bits per heavy atom. The molecule has 0 aliphatic carbocycles. The molecule has 0 spiro atoms. The number of nitrogens with zero attached hydrogens (tertiary/aromatic N) is 2. The molecule has 0 bridgehead atoms. The SMILES string of the molecule is COC(=O)c1ccc(CN(C2CCCN(C(=O)OC(C)(C)C)C2)S(=O)(=O)c2ccc(-c3ccccc3)cc2)cc1. The molecule has 0 radical (unpaired) electrons. The number of carbonyl (C=O) groups is 2. The van der Waals surface area contributed by atoms with Gasteiger partial charge in [0, 0.05) is 25.7 Å². The van der Waals surface area contributed by atoms with E-state index in [2.05, 4.69) is 0 Å². The van der Waals surface area contributed by atoms with Crippen LogP contribution in [-0.4, -0.2) is 61.5 Å². The number of likely N-dealkylation sites (tertiary alicyclic amines) is 1. The number of piperidine rings is 1. The van der Waals surface area contributed by atoms with Crippen LogP contribution in [0.2, 0.25) is 0 Å². The fraction of sp³-hybridized carbons (Fsp3) is 0.355. The van der Waals surface area contributed by atoms with Gasteiger partial charge in [-0.15, -0.1) is 0 Å². The minimum atomic E-state index is -3.95. The molecule has 1 amide bonds. The van der Waals surface area contributed by atoms with E-state index in [0.717, 1.165) is 11.1 Å². The normalized spacial score (nSPS) is 16.0. The fourth-order valence-electron chi connectivity index (χ4n) is 4.72. The van der Waals surface area contributed by atoms with Crippen LogP contribution >= 0.6 is 0 Å². The predicted molar refractivity (Wildman–Crippen MR) is 153 cm³/mol. The molecule has 3 aromatic rings. The lowest BCUT2D eigenvalue weighted by molar-refractivity contribution is 0.0152. The number of hydrogen-bond acceptors (Lipinski definition) is 6. The highest BCUT2D eigenvalue weighted by Crippen LogP contribution is 2.29. The summed E-state index contributed by atoms with van der Waals surface area (Å²) in [7, 11) is -2.64. The van der Waals surface area contributed by atoms with Gasteiger partial charge in [-0.3, -0.25) is 0 Å². The van der Waals surface area contributed by atoms with E-state index < -0.39 is 33.7 Å². The lowest BCUT2D eigenvalue weighted by Crippen LogP contribution is -2.52. The summed E-state index contributed by atoms with van der Waals surface area (Å²) < 4.78 is 40.1. The van der Waals surface area contributed by atoms with E-state index in [1.54, 1.807) is 74.2 Å². The second kappa shape index (κ2) is 12.2. The maximum absolute atomic E-state index is 14.1. The summed E-state index contributed by atoms with van der Waals surface area (Å²) in [5, 5.41) is 0. The maximum Gasteiger partial charge on any atom is 0.410 e. The summed E-state index contributed by atoms with van der Waals surface area (Å²) in [6.45, 7) is 6.22. The molecule has 0 saturated carbocycles. The molecule has 1 saturated heterocycles. The van der Waals surface area contributed by atoms with Crippen LogP contribution in [0.5, 0.6) is 0 Å². The number of rotatable bonds is 7. The van der Waals surface area contributed by atoms with Crippen LogP contribution < -0.4 is 0 Å². The lowest BCUT2D eigenvalue weighted by atomic mass is 10.1. The number of esters is 1. The summed E-state index contributed by atoms with van der Waals surface area (Å²) in [4.78, 5) is 26.5. The maximum atomic E-state index is 14.1. The monoisotopic (exact) mass is 564 g/mol. The summed E-state index contributed by atoms with van der Waals surface area (Å²) in [6, 6.07) is 22.8. The Labute approximate surface area is 236 Å². The second-order valence-electron chi connectivity index (χ2n) is 10.9. The van der Waals surface area contributed by atoms with Crippen molar-refractivity contribution in [1.29, 1.82) is 0 Å². The summed E-state index contributed by atoms with van der Waals surface area (Å²) in [5.41, 5.74) is 2.35. The minimum Gasteiger partial charge on any atom is -0.465 e. The van der Waals surface area contributed by atoms with Gasteiger partial charge in [0.15, 0.2) is 0 Å².